The third-order valence-electron chi connectivity index (χ3n) is 9.90. The lowest BCUT2D eigenvalue weighted by Crippen LogP contribution is -2.02. The normalized spacial score (nSPS) is 12.2. The molecule has 0 bridgehead atoms. The third-order valence-corrected chi connectivity index (χ3v) is 9.90. The van der Waals surface area contributed by atoms with Crippen LogP contribution in [0, 0.1) is 34.0 Å². The van der Waals surface area contributed by atoms with Crippen LogP contribution in [-0.2, 0) is 6.42 Å². The van der Waals surface area contributed by atoms with Crippen LogP contribution in [-0.4, -0.2) is 9.13 Å². The lowest BCUT2D eigenvalue weighted by Gasteiger charge is -2.16. The molecule has 2 aromatic heterocycles. The minimum atomic E-state index is 0.493. The molecule has 1 aliphatic carbocycles. The molecule has 0 fully saturated rings. The quantitative estimate of drug-likeness (QED) is 0.190. The lowest BCUT2D eigenvalue weighted by atomic mass is 9.94. The predicted octanol–water partition coefficient (Wildman–Crippen LogP) is 10.8. The van der Waals surface area contributed by atoms with Crippen LogP contribution in [0.1, 0.15) is 22.4 Å². The second-order valence-corrected chi connectivity index (χ2v) is 12.6. The Balaban J connectivity index is 1.16. The van der Waals surface area contributed by atoms with Crippen LogP contribution in [0.5, 0.6) is 0 Å². The molecule has 236 valence electrons. The smallest absolute Gasteiger partial charge is 0.101 e. The molecular weight excluding hydrogens is 623 g/mol. The summed E-state index contributed by atoms with van der Waals surface area (Å²) in [4.78, 5) is 0. The van der Waals surface area contributed by atoms with Gasteiger partial charge in [-0.3, -0.25) is 0 Å². The van der Waals surface area contributed by atoms with Gasteiger partial charge in [-0.15, -0.1) is 0 Å². The van der Waals surface area contributed by atoms with Crippen LogP contribution in [0.25, 0.3) is 72.4 Å². The Morgan fingerprint density at radius 1 is 0.490 bits per heavy atom. The molecule has 5 heteroatoms. The number of benzene rings is 6. The van der Waals surface area contributed by atoms with Crippen LogP contribution >= 0.6 is 0 Å². The Kier molecular flexibility index (Phi) is 6.96. The molecule has 0 saturated carbocycles. The average molecular weight is 650 g/mol. The Labute approximate surface area is 294 Å². The maximum Gasteiger partial charge on any atom is 0.101 e. The highest BCUT2D eigenvalue weighted by molar-refractivity contribution is 6.09. The molecule has 2 heterocycles. The Hall–Kier alpha value is -7.39. The van der Waals surface area contributed by atoms with E-state index in [9.17, 15) is 15.8 Å². The standard InChI is InChI=1S/C46H27N5/c47-27-30-10-9-19-45-40(24-30)38-14-4-8-18-44(38)50(45)41-15-5-1-11-35(41)31-20-22-32(23-21-31)39-25-34(29-49)46(26-33(39)28-48)51-42-16-6-2-12-36(42)37-13-3-7-17-43(37)51/h1-18,20-26H,19H2. The summed E-state index contributed by atoms with van der Waals surface area (Å²) < 4.78 is 4.40. The van der Waals surface area contributed by atoms with Gasteiger partial charge in [0, 0.05) is 45.0 Å². The molecule has 5 nitrogen and oxygen atoms in total. The van der Waals surface area contributed by atoms with E-state index >= 15 is 0 Å². The van der Waals surface area contributed by atoms with E-state index in [2.05, 4.69) is 106 Å². The van der Waals surface area contributed by atoms with Gasteiger partial charge >= 0.3 is 0 Å². The summed E-state index contributed by atoms with van der Waals surface area (Å²) in [5.74, 6) is 0. The molecule has 0 saturated heterocycles. The molecule has 0 radical (unpaired) electrons. The molecule has 8 aromatic rings. The van der Waals surface area contributed by atoms with Crippen LogP contribution in [0.3, 0.4) is 0 Å². The first kappa shape index (κ1) is 29.7. The van der Waals surface area contributed by atoms with Gasteiger partial charge in [-0.25, -0.2) is 0 Å². The van der Waals surface area contributed by atoms with Crippen molar-refractivity contribution in [3.63, 3.8) is 0 Å². The molecule has 6 aromatic carbocycles. The predicted molar refractivity (Wildman–Crippen MR) is 204 cm³/mol. The summed E-state index contributed by atoms with van der Waals surface area (Å²) in [7, 11) is 0. The second kappa shape index (κ2) is 11.9. The molecule has 0 aliphatic heterocycles. The maximum atomic E-state index is 10.4. The minimum Gasteiger partial charge on any atom is -0.312 e. The van der Waals surface area contributed by atoms with E-state index in [1.54, 1.807) is 0 Å². The number of fused-ring (bicyclic) bond motifs is 6. The van der Waals surface area contributed by atoms with Crippen molar-refractivity contribution in [2.45, 2.75) is 6.42 Å². The van der Waals surface area contributed by atoms with Crippen LogP contribution < -0.4 is 0 Å². The molecule has 9 rings (SSSR count). The highest BCUT2D eigenvalue weighted by Crippen LogP contribution is 2.39. The van der Waals surface area contributed by atoms with Crippen molar-refractivity contribution in [1.29, 1.82) is 15.8 Å². The van der Waals surface area contributed by atoms with Gasteiger partial charge in [0.2, 0.25) is 0 Å². The van der Waals surface area contributed by atoms with Crippen molar-refractivity contribution in [2.24, 2.45) is 0 Å². The SMILES string of the molecule is N#CC1=Cc2c(n(-c3ccccc3-c3ccc(-c4cc(C#N)c(-n5c6ccccc6c6ccccc65)cc4C#N)cc3)c3ccccc23)CC=C1. The van der Waals surface area contributed by atoms with Crippen LogP contribution in [0.4, 0.5) is 0 Å². The largest absolute Gasteiger partial charge is 0.312 e. The van der Waals surface area contributed by atoms with E-state index in [1.807, 2.05) is 72.8 Å². The summed E-state index contributed by atoms with van der Waals surface area (Å²) in [5.41, 5.74) is 12.3. The second-order valence-electron chi connectivity index (χ2n) is 12.6. The zero-order valence-electron chi connectivity index (χ0n) is 27.4. The zero-order chi connectivity index (χ0) is 34.5. The van der Waals surface area contributed by atoms with Crippen molar-refractivity contribution >= 4 is 38.8 Å². The van der Waals surface area contributed by atoms with Crippen LogP contribution in [0.15, 0.2) is 151 Å². The first-order valence-electron chi connectivity index (χ1n) is 16.8. The van der Waals surface area contributed by atoms with Crippen molar-refractivity contribution in [3.8, 4) is 51.8 Å². The molecule has 1 aliphatic rings. The van der Waals surface area contributed by atoms with Gasteiger partial charge in [-0.05, 0) is 59.7 Å². The van der Waals surface area contributed by atoms with Crippen molar-refractivity contribution in [1.82, 2.24) is 9.13 Å². The monoisotopic (exact) mass is 649 g/mol. The number of para-hydroxylation sites is 4. The molecule has 51 heavy (non-hydrogen) atoms. The molecule has 0 atom stereocenters. The molecule has 0 unspecified atom stereocenters. The molecule has 0 amide bonds. The fourth-order valence-electron chi connectivity index (χ4n) is 7.64. The van der Waals surface area contributed by atoms with Gasteiger partial charge in [0.15, 0.2) is 0 Å². The van der Waals surface area contributed by atoms with E-state index in [0.717, 1.165) is 66.3 Å². The first-order valence-corrected chi connectivity index (χ1v) is 16.8. The van der Waals surface area contributed by atoms with Gasteiger partial charge in [0.25, 0.3) is 0 Å². The number of aromatic nitrogens is 2. The Morgan fingerprint density at radius 2 is 1.06 bits per heavy atom. The number of hydrogen-bond donors (Lipinski definition) is 0. The molecule has 0 spiro atoms. The average Bonchev–Trinajstić information content (AvgIpc) is 3.59. The van der Waals surface area contributed by atoms with Crippen LogP contribution in [0.2, 0.25) is 0 Å². The summed E-state index contributed by atoms with van der Waals surface area (Å²) in [6.07, 6.45) is 6.64. The van der Waals surface area contributed by atoms with Crippen molar-refractivity contribution in [2.75, 3.05) is 0 Å². The van der Waals surface area contributed by atoms with E-state index in [-0.39, 0.29) is 0 Å². The molecule has 0 N–H and O–H groups in total. The number of nitriles is 3. The lowest BCUT2D eigenvalue weighted by molar-refractivity contribution is 1.00. The summed E-state index contributed by atoms with van der Waals surface area (Å²) in [5, 5.41) is 33.9. The highest BCUT2D eigenvalue weighted by atomic mass is 15.0. The Bertz CT molecular complexity index is 2860. The van der Waals surface area contributed by atoms with Gasteiger partial charge < -0.3 is 9.13 Å². The topological polar surface area (TPSA) is 81.2 Å². The third kappa shape index (κ3) is 4.67. The number of allylic oxidation sites excluding steroid dienone is 3. The number of rotatable bonds is 4. The first-order chi connectivity index (χ1) is 25.2. The maximum absolute atomic E-state index is 10.4. The minimum absolute atomic E-state index is 0.493. The van der Waals surface area contributed by atoms with Gasteiger partial charge in [0.1, 0.15) is 6.07 Å². The molecular formula is C46H27N5. The van der Waals surface area contributed by atoms with Crippen molar-refractivity contribution < 1.29 is 0 Å². The summed E-state index contributed by atoms with van der Waals surface area (Å²) in [6.45, 7) is 0. The van der Waals surface area contributed by atoms with Gasteiger partial charge in [-0.1, -0.05) is 103 Å². The zero-order valence-corrected chi connectivity index (χ0v) is 27.4. The summed E-state index contributed by atoms with van der Waals surface area (Å²) in [6, 6.07) is 52.1. The van der Waals surface area contributed by atoms with E-state index in [1.165, 1.54) is 0 Å². The van der Waals surface area contributed by atoms with Gasteiger partial charge in [0.05, 0.1) is 56.8 Å². The number of nitrogens with zero attached hydrogens (tertiary/aromatic N) is 5. The fourth-order valence-corrected chi connectivity index (χ4v) is 7.64. The van der Waals surface area contributed by atoms with E-state index in [0.29, 0.717) is 34.4 Å². The Morgan fingerprint density at radius 3 is 1.71 bits per heavy atom. The highest BCUT2D eigenvalue weighted by Gasteiger charge is 2.21. The van der Waals surface area contributed by atoms with E-state index < -0.39 is 0 Å². The number of hydrogen-bond acceptors (Lipinski definition) is 3. The van der Waals surface area contributed by atoms with Crippen molar-refractivity contribution in [3.05, 3.63) is 174 Å². The van der Waals surface area contributed by atoms with E-state index in [4.69, 9.17) is 0 Å². The fraction of sp³-hybridized carbons (Fsp3) is 0.0217. The van der Waals surface area contributed by atoms with Gasteiger partial charge in [-0.2, -0.15) is 15.8 Å². The summed E-state index contributed by atoms with van der Waals surface area (Å²) >= 11 is 0.